The summed E-state index contributed by atoms with van der Waals surface area (Å²) in [5, 5.41) is 7.40. The molecule has 3 aromatic carbocycles. The summed E-state index contributed by atoms with van der Waals surface area (Å²) in [6, 6.07) is 24.3. The summed E-state index contributed by atoms with van der Waals surface area (Å²) in [5.74, 6) is 0.155. The van der Waals surface area contributed by atoms with Gasteiger partial charge >= 0.3 is 0 Å². The number of hydrogen-bond acceptors (Lipinski definition) is 3. The second-order valence-corrected chi connectivity index (χ2v) is 6.30. The van der Waals surface area contributed by atoms with Crippen LogP contribution in [0.15, 0.2) is 84.9 Å². The summed E-state index contributed by atoms with van der Waals surface area (Å²) in [4.78, 5) is 12.9. The second kappa shape index (κ2) is 7.98. The lowest BCUT2D eigenvalue weighted by atomic mass is 10.1. The minimum absolute atomic E-state index is 0.348. The average molecular weight is 387 g/mol. The van der Waals surface area contributed by atoms with Gasteiger partial charge in [0.25, 0.3) is 5.91 Å². The van der Waals surface area contributed by atoms with Crippen molar-refractivity contribution in [3.05, 3.63) is 96.3 Å². The standard InChI is InChI=1S/C23H18FN3O2/c1-29-21-14-8-6-12-18(21)23(28)25-22-15-20(17-11-5-7-13-19(17)24)26-27(22)16-9-3-2-4-10-16/h2-15H,1H3,(H,25,28). The van der Waals surface area contributed by atoms with Crippen LogP contribution in [0.2, 0.25) is 0 Å². The van der Waals surface area contributed by atoms with Crippen LogP contribution in [0.3, 0.4) is 0 Å². The van der Waals surface area contributed by atoms with Gasteiger partial charge in [-0.25, -0.2) is 9.07 Å². The van der Waals surface area contributed by atoms with E-state index in [0.717, 1.165) is 5.69 Å². The number of anilines is 1. The monoisotopic (exact) mass is 387 g/mol. The number of halogens is 1. The molecule has 0 fully saturated rings. The average Bonchev–Trinajstić information content (AvgIpc) is 3.18. The van der Waals surface area contributed by atoms with E-state index in [1.54, 1.807) is 53.2 Å². The molecule has 0 bridgehead atoms. The first-order chi connectivity index (χ1) is 14.2. The molecule has 6 heteroatoms. The van der Waals surface area contributed by atoms with E-state index in [4.69, 9.17) is 4.74 Å². The Hall–Kier alpha value is -3.93. The molecular formula is C23H18FN3O2. The van der Waals surface area contributed by atoms with Gasteiger partial charge in [0.1, 0.15) is 17.4 Å². The van der Waals surface area contributed by atoms with Crippen molar-refractivity contribution in [2.75, 3.05) is 12.4 Å². The van der Waals surface area contributed by atoms with Gasteiger partial charge in [0.2, 0.25) is 0 Å². The van der Waals surface area contributed by atoms with Crippen LogP contribution in [-0.4, -0.2) is 22.8 Å². The van der Waals surface area contributed by atoms with Gasteiger partial charge in [-0.15, -0.1) is 0 Å². The first-order valence-electron chi connectivity index (χ1n) is 9.02. The Morgan fingerprint density at radius 3 is 2.41 bits per heavy atom. The van der Waals surface area contributed by atoms with Crippen LogP contribution < -0.4 is 10.1 Å². The molecule has 144 valence electrons. The van der Waals surface area contributed by atoms with Crippen LogP contribution in [0.5, 0.6) is 5.75 Å². The Morgan fingerprint density at radius 1 is 0.966 bits per heavy atom. The molecule has 1 heterocycles. The molecule has 4 aromatic rings. The highest BCUT2D eigenvalue weighted by Crippen LogP contribution is 2.27. The Bertz CT molecular complexity index is 1160. The zero-order valence-electron chi connectivity index (χ0n) is 15.7. The molecule has 0 radical (unpaired) electrons. The van der Waals surface area contributed by atoms with Gasteiger partial charge in [-0.2, -0.15) is 5.10 Å². The van der Waals surface area contributed by atoms with E-state index < -0.39 is 0 Å². The molecule has 29 heavy (non-hydrogen) atoms. The summed E-state index contributed by atoms with van der Waals surface area (Å²) in [6.07, 6.45) is 0. The van der Waals surface area contributed by atoms with Crippen LogP contribution in [0.25, 0.3) is 16.9 Å². The Balaban J connectivity index is 1.77. The molecule has 0 aliphatic heterocycles. The fourth-order valence-corrected chi connectivity index (χ4v) is 3.05. The number of amides is 1. The first-order valence-corrected chi connectivity index (χ1v) is 9.02. The molecule has 0 aliphatic carbocycles. The van der Waals surface area contributed by atoms with E-state index >= 15 is 0 Å². The van der Waals surface area contributed by atoms with Crippen LogP contribution in [-0.2, 0) is 0 Å². The fraction of sp³-hybridized carbons (Fsp3) is 0.0435. The number of carbonyl (C=O) groups excluding carboxylic acids is 1. The van der Waals surface area contributed by atoms with Crippen LogP contribution in [0.4, 0.5) is 10.2 Å². The summed E-state index contributed by atoms with van der Waals surface area (Å²) in [6.45, 7) is 0. The van der Waals surface area contributed by atoms with Gasteiger partial charge in [-0.3, -0.25) is 4.79 Å². The number of benzene rings is 3. The Kier molecular flexibility index (Phi) is 5.07. The van der Waals surface area contributed by atoms with Gasteiger partial charge in [0, 0.05) is 11.6 Å². The number of aromatic nitrogens is 2. The Labute approximate surface area is 167 Å². The van der Waals surface area contributed by atoms with E-state index in [-0.39, 0.29) is 11.7 Å². The molecule has 1 amide bonds. The van der Waals surface area contributed by atoms with E-state index in [1.165, 1.54) is 13.2 Å². The summed E-state index contributed by atoms with van der Waals surface area (Å²) < 4.78 is 21.1. The molecule has 1 N–H and O–H groups in total. The predicted molar refractivity (Wildman–Crippen MR) is 110 cm³/mol. The van der Waals surface area contributed by atoms with E-state index in [0.29, 0.717) is 28.4 Å². The summed E-state index contributed by atoms with van der Waals surface area (Å²) in [7, 11) is 1.51. The van der Waals surface area contributed by atoms with Crippen molar-refractivity contribution in [1.82, 2.24) is 9.78 Å². The number of methoxy groups -OCH3 is 1. The van der Waals surface area contributed by atoms with E-state index in [1.807, 2.05) is 30.3 Å². The van der Waals surface area contributed by atoms with E-state index in [9.17, 15) is 9.18 Å². The minimum Gasteiger partial charge on any atom is -0.496 e. The van der Waals surface area contributed by atoms with Crippen LogP contribution >= 0.6 is 0 Å². The maximum atomic E-state index is 14.3. The van der Waals surface area contributed by atoms with Crippen molar-refractivity contribution >= 4 is 11.7 Å². The number of rotatable bonds is 5. The van der Waals surface area contributed by atoms with Crippen molar-refractivity contribution in [3.63, 3.8) is 0 Å². The molecule has 0 saturated heterocycles. The third kappa shape index (κ3) is 3.73. The molecular weight excluding hydrogens is 369 g/mol. The molecule has 4 rings (SSSR count). The molecule has 0 aliphatic rings. The molecule has 0 spiro atoms. The lowest BCUT2D eigenvalue weighted by molar-refractivity contribution is 0.102. The number of nitrogens with zero attached hydrogens (tertiary/aromatic N) is 2. The third-order valence-corrected chi connectivity index (χ3v) is 4.45. The number of para-hydroxylation sites is 2. The smallest absolute Gasteiger partial charge is 0.260 e. The third-order valence-electron chi connectivity index (χ3n) is 4.45. The first kappa shape index (κ1) is 18.4. The normalized spacial score (nSPS) is 10.6. The van der Waals surface area contributed by atoms with Crippen LogP contribution in [0.1, 0.15) is 10.4 Å². The molecule has 0 saturated carbocycles. The van der Waals surface area contributed by atoms with Crippen molar-refractivity contribution < 1.29 is 13.9 Å². The molecule has 5 nitrogen and oxygen atoms in total. The fourth-order valence-electron chi connectivity index (χ4n) is 3.05. The Morgan fingerprint density at radius 2 is 1.66 bits per heavy atom. The molecule has 0 atom stereocenters. The van der Waals surface area contributed by atoms with Crippen molar-refractivity contribution in [2.24, 2.45) is 0 Å². The van der Waals surface area contributed by atoms with Gasteiger partial charge in [0.15, 0.2) is 0 Å². The van der Waals surface area contributed by atoms with Gasteiger partial charge in [-0.1, -0.05) is 42.5 Å². The topological polar surface area (TPSA) is 56.1 Å². The predicted octanol–water partition coefficient (Wildman–Crippen LogP) is 4.94. The highest BCUT2D eigenvalue weighted by Gasteiger charge is 2.18. The zero-order valence-corrected chi connectivity index (χ0v) is 15.7. The number of carbonyl (C=O) groups is 1. The highest BCUT2D eigenvalue weighted by molar-refractivity contribution is 6.06. The zero-order chi connectivity index (χ0) is 20.2. The van der Waals surface area contributed by atoms with Gasteiger partial charge < -0.3 is 10.1 Å². The van der Waals surface area contributed by atoms with Crippen molar-refractivity contribution in [2.45, 2.75) is 0 Å². The lowest BCUT2D eigenvalue weighted by Gasteiger charge is -2.11. The second-order valence-electron chi connectivity index (χ2n) is 6.30. The van der Waals surface area contributed by atoms with E-state index in [2.05, 4.69) is 10.4 Å². The quantitative estimate of drug-likeness (QED) is 0.528. The van der Waals surface area contributed by atoms with Crippen LogP contribution in [0, 0.1) is 5.82 Å². The largest absolute Gasteiger partial charge is 0.496 e. The molecule has 1 aromatic heterocycles. The summed E-state index contributed by atoms with van der Waals surface area (Å²) >= 11 is 0. The van der Waals surface area contributed by atoms with Gasteiger partial charge in [0.05, 0.1) is 24.1 Å². The maximum absolute atomic E-state index is 14.3. The van der Waals surface area contributed by atoms with Crippen molar-refractivity contribution in [1.29, 1.82) is 0 Å². The molecule has 0 unspecified atom stereocenters. The SMILES string of the molecule is COc1ccccc1C(=O)Nc1cc(-c2ccccc2F)nn1-c1ccccc1. The summed E-state index contributed by atoms with van der Waals surface area (Å²) in [5.41, 5.74) is 1.91. The number of ether oxygens (including phenoxy) is 1. The van der Waals surface area contributed by atoms with Crippen molar-refractivity contribution in [3.8, 4) is 22.7 Å². The highest BCUT2D eigenvalue weighted by atomic mass is 19.1. The number of nitrogens with one attached hydrogen (secondary N) is 1. The maximum Gasteiger partial charge on any atom is 0.260 e. The lowest BCUT2D eigenvalue weighted by Crippen LogP contribution is -2.16. The number of hydrogen-bond donors (Lipinski definition) is 1. The van der Waals surface area contributed by atoms with Gasteiger partial charge in [-0.05, 0) is 36.4 Å². The minimum atomic E-state index is -0.382.